The van der Waals surface area contributed by atoms with E-state index in [-0.39, 0.29) is 0 Å². The van der Waals surface area contributed by atoms with E-state index in [0.29, 0.717) is 4.77 Å². The van der Waals surface area contributed by atoms with Crippen LogP contribution in [0.25, 0.3) is 17.2 Å². The summed E-state index contributed by atoms with van der Waals surface area (Å²) in [4.78, 5) is 4.32. The highest BCUT2D eigenvalue weighted by atomic mass is 32.1. The van der Waals surface area contributed by atoms with Crippen LogP contribution in [0.1, 0.15) is 5.56 Å². The second kappa shape index (κ2) is 4.78. The molecule has 2 heterocycles. The lowest BCUT2D eigenvalue weighted by Crippen LogP contribution is -1.98. The van der Waals surface area contributed by atoms with Gasteiger partial charge in [0.2, 0.25) is 0 Å². The van der Waals surface area contributed by atoms with Crippen molar-refractivity contribution in [1.29, 1.82) is 0 Å². The van der Waals surface area contributed by atoms with Gasteiger partial charge in [-0.3, -0.25) is 14.6 Å². The number of rotatable bonds is 2. The zero-order valence-corrected chi connectivity index (χ0v) is 11.2. The lowest BCUT2D eigenvalue weighted by Gasteiger charge is -2.06. The summed E-state index contributed by atoms with van der Waals surface area (Å²) < 4.78 is 2.45. The van der Waals surface area contributed by atoms with Gasteiger partial charge >= 0.3 is 0 Å². The molecule has 3 aromatic rings. The predicted octanol–water partition coefficient (Wildman–Crippen LogP) is 3.30. The van der Waals surface area contributed by atoms with Crippen LogP contribution in [0.4, 0.5) is 0 Å². The Labute approximate surface area is 115 Å². The molecule has 0 aliphatic carbocycles. The summed E-state index contributed by atoms with van der Waals surface area (Å²) in [6, 6.07) is 13.9. The van der Waals surface area contributed by atoms with Gasteiger partial charge < -0.3 is 0 Å². The molecular formula is C14H12N4S. The minimum absolute atomic E-state index is 0.560. The maximum Gasteiger partial charge on any atom is 0.200 e. The van der Waals surface area contributed by atoms with Crippen LogP contribution in [0.15, 0.2) is 48.7 Å². The van der Waals surface area contributed by atoms with Crippen LogP contribution in [-0.4, -0.2) is 19.7 Å². The van der Waals surface area contributed by atoms with E-state index >= 15 is 0 Å². The van der Waals surface area contributed by atoms with Gasteiger partial charge in [0, 0.05) is 6.20 Å². The molecule has 1 aromatic carbocycles. The fourth-order valence-corrected chi connectivity index (χ4v) is 2.13. The van der Waals surface area contributed by atoms with Crippen molar-refractivity contribution in [3.05, 3.63) is 59.0 Å². The lowest BCUT2D eigenvalue weighted by atomic mass is 10.2. The van der Waals surface area contributed by atoms with Crippen LogP contribution >= 0.6 is 12.2 Å². The summed E-state index contributed by atoms with van der Waals surface area (Å²) in [5, 5.41) is 7.09. The Bertz CT molecular complexity index is 741. The molecule has 0 bridgehead atoms. The van der Waals surface area contributed by atoms with Crippen LogP contribution in [0, 0.1) is 11.7 Å². The van der Waals surface area contributed by atoms with Crippen molar-refractivity contribution in [1.82, 2.24) is 19.7 Å². The van der Waals surface area contributed by atoms with Crippen molar-refractivity contribution >= 4 is 12.2 Å². The number of H-pyrrole nitrogens is 1. The minimum Gasteiger partial charge on any atom is -0.267 e. The van der Waals surface area contributed by atoms with Crippen LogP contribution in [-0.2, 0) is 0 Å². The van der Waals surface area contributed by atoms with Gasteiger partial charge in [0.15, 0.2) is 10.6 Å². The Morgan fingerprint density at radius 3 is 2.58 bits per heavy atom. The van der Waals surface area contributed by atoms with Crippen LogP contribution in [0.5, 0.6) is 0 Å². The first kappa shape index (κ1) is 11.8. The summed E-state index contributed by atoms with van der Waals surface area (Å²) in [6.45, 7) is 2.05. The monoisotopic (exact) mass is 268 g/mol. The van der Waals surface area contributed by atoms with Gasteiger partial charge in [-0.2, -0.15) is 5.10 Å². The average Bonchev–Trinajstić information content (AvgIpc) is 2.83. The van der Waals surface area contributed by atoms with E-state index in [9.17, 15) is 0 Å². The van der Waals surface area contributed by atoms with Gasteiger partial charge in [-0.05, 0) is 43.4 Å². The Kier molecular flexibility index (Phi) is 2.97. The van der Waals surface area contributed by atoms with Crippen LogP contribution < -0.4 is 0 Å². The highest BCUT2D eigenvalue weighted by Gasteiger charge is 2.10. The van der Waals surface area contributed by atoms with Crippen molar-refractivity contribution in [3.63, 3.8) is 0 Å². The number of nitrogens with one attached hydrogen (secondary N) is 1. The first-order valence-electron chi connectivity index (χ1n) is 5.91. The third-order valence-corrected chi connectivity index (χ3v) is 3.13. The molecule has 0 aliphatic rings. The van der Waals surface area contributed by atoms with E-state index in [1.807, 2.05) is 47.0 Å². The Balaban J connectivity index is 2.19. The van der Waals surface area contributed by atoms with Crippen LogP contribution in [0.2, 0.25) is 0 Å². The molecule has 0 saturated carbocycles. The second-order valence-electron chi connectivity index (χ2n) is 4.24. The molecule has 0 amide bonds. The third-order valence-electron chi connectivity index (χ3n) is 2.86. The van der Waals surface area contributed by atoms with Gasteiger partial charge in [-0.25, -0.2) is 0 Å². The normalized spacial score (nSPS) is 10.6. The molecular weight excluding hydrogens is 256 g/mol. The molecule has 0 unspecified atom stereocenters. The summed E-state index contributed by atoms with van der Waals surface area (Å²) in [7, 11) is 0. The molecule has 94 valence electrons. The van der Waals surface area contributed by atoms with Gasteiger partial charge in [0.1, 0.15) is 5.69 Å². The van der Waals surface area contributed by atoms with E-state index in [1.165, 1.54) is 5.56 Å². The SMILES string of the molecule is Cc1ccc(-n2c(-c3ccccn3)n[nH]c2=S)cc1. The quantitative estimate of drug-likeness (QED) is 0.725. The summed E-state index contributed by atoms with van der Waals surface area (Å²) in [5.74, 6) is 0.717. The van der Waals surface area contributed by atoms with Crippen molar-refractivity contribution < 1.29 is 0 Å². The Morgan fingerprint density at radius 1 is 1.11 bits per heavy atom. The van der Waals surface area contributed by atoms with E-state index in [0.717, 1.165) is 17.2 Å². The smallest absolute Gasteiger partial charge is 0.200 e. The number of aromatic amines is 1. The minimum atomic E-state index is 0.560. The number of aromatic nitrogens is 4. The van der Waals surface area contributed by atoms with Crippen molar-refractivity contribution in [2.24, 2.45) is 0 Å². The molecule has 19 heavy (non-hydrogen) atoms. The molecule has 0 saturated heterocycles. The van der Waals surface area contributed by atoms with Crippen LogP contribution in [0.3, 0.4) is 0 Å². The third kappa shape index (κ3) is 2.20. The molecule has 0 atom stereocenters. The molecule has 0 fully saturated rings. The summed E-state index contributed by atoms with van der Waals surface area (Å²) in [5.41, 5.74) is 2.97. The van der Waals surface area contributed by atoms with Gasteiger partial charge in [0.25, 0.3) is 0 Å². The van der Waals surface area contributed by atoms with Crippen molar-refractivity contribution in [3.8, 4) is 17.2 Å². The molecule has 0 aliphatic heterocycles. The summed E-state index contributed by atoms with van der Waals surface area (Å²) >= 11 is 5.30. The molecule has 2 aromatic heterocycles. The molecule has 4 nitrogen and oxygen atoms in total. The fourth-order valence-electron chi connectivity index (χ4n) is 1.90. The fraction of sp³-hybridized carbons (Fsp3) is 0.0714. The summed E-state index contributed by atoms with van der Waals surface area (Å²) in [6.07, 6.45) is 1.74. The maximum absolute atomic E-state index is 5.30. The van der Waals surface area contributed by atoms with E-state index < -0.39 is 0 Å². The van der Waals surface area contributed by atoms with E-state index in [1.54, 1.807) is 6.20 Å². The molecule has 0 radical (unpaired) electrons. The topological polar surface area (TPSA) is 46.5 Å². The number of hydrogen-bond donors (Lipinski definition) is 1. The standard InChI is InChI=1S/C14H12N4S/c1-10-5-7-11(8-6-10)18-13(16-17-14(18)19)12-4-2-3-9-15-12/h2-9H,1H3,(H,17,19). The number of benzene rings is 1. The number of pyridine rings is 1. The zero-order valence-electron chi connectivity index (χ0n) is 10.4. The zero-order chi connectivity index (χ0) is 13.2. The largest absolute Gasteiger partial charge is 0.267 e. The van der Waals surface area contributed by atoms with Gasteiger partial charge in [-0.15, -0.1) is 0 Å². The van der Waals surface area contributed by atoms with Crippen molar-refractivity contribution in [2.45, 2.75) is 6.92 Å². The maximum atomic E-state index is 5.30. The second-order valence-corrected chi connectivity index (χ2v) is 4.63. The Morgan fingerprint density at radius 2 is 1.89 bits per heavy atom. The first-order chi connectivity index (χ1) is 9.25. The molecule has 5 heteroatoms. The Hall–Kier alpha value is -2.27. The van der Waals surface area contributed by atoms with E-state index in [2.05, 4.69) is 22.1 Å². The number of aryl methyl sites for hydroxylation is 1. The van der Waals surface area contributed by atoms with Gasteiger partial charge in [-0.1, -0.05) is 23.8 Å². The number of hydrogen-bond acceptors (Lipinski definition) is 3. The lowest BCUT2D eigenvalue weighted by molar-refractivity contribution is 1.03. The average molecular weight is 268 g/mol. The first-order valence-corrected chi connectivity index (χ1v) is 6.32. The highest BCUT2D eigenvalue weighted by Crippen LogP contribution is 2.19. The molecule has 3 rings (SSSR count). The molecule has 0 spiro atoms. The predicted molar refractivity (Wildman–Crippen MR) is 76.7 cm³/mol. The molecule has 1 N–H and O–H groups in total. The number of nitrogens with zero attached hydrogens (tertiary/aromatic N) is 3. The van der Waals surface area contributed by atoms with Gasteiger partial charge in [0.05, 0.1) is 5.69 Å². The van der Waals surface area contributed by atoms with E-state index in [4.69, 9.17) is 12.2 Å². The van der Waals surface area contributed by atoms with Crippen molar-refractivity contribution in [2.75, 3.05) is 0 Å². The highest BCUT2D eigenvalue weighted by molar-refractivity contribution is 7.71.